The zero-order valence-electron chi connectivity index (χ0n) is 8.02. The van der Waals surface area contributed by atoms with Gasteiger partial charge in [0.25, 0.3) is 0 Å². The predicted molar refractivity (Wildman–Crippen MR) is 56.9 cm³/mol. The number of halogens is 2. The first kappa shape index (κ1) is 10.8. The topological polar surface area (TPSA) is 51.8 Å². The number of rotatable bonds is 2. The van der Waals surface area contributed by atoms with E-state index in [1.165, 1.54) is 0 Å². The van der Waals surface area contributed by atoms with Crippen LogP contribution < -0.4 is 5.73 Å². The first-order valence-electron chi connectivity index (χ1n) is 4.37. The number of nitrogens with zero attached hydrogens (tertiary/aromatic N) is 2. The zero-order chi connectivity index (χ0) is 11.5. The van der Waals surface area contributed by atoms with E-state index in [2.05, 4.69) is 9.97 Å². The lowest BCUT2D eigenvalue weighted by Crippen LogP contribution is -1.98. The lowest BCUT2D eigenvalue weighted by Gasteiger charge is -2.03. The van der Waals surface area contributed by atoms with E-state index in [1.54, 1.807) is 24.4 Å². The molecule has 16 heavy (non-hydrogen) atoms. The monoisotopic (exact) mass is 239 g/mol. The molecule has 0 atom stereocenters. The molecule has 0 saturated carbocycles. The van der Waals surface area contributed by atoms with Crippen LogP contribution in [0.3, 0.4) is 0 Å². The molecular formula is C10H7F2N3S. The molecule has 0 bridgehead atoms. The van der Waals surface area contributed by atoms with Gasteiger partial charge in [-0.25, -0.2) is 18.7 Å². The minimum atomic E-state index is -0.858. The minimum absolute atomic E-state index is 0.0117. The Labute approximate surface area is 94.7 Å². The van der Waals surface area contributed by atoms with E-state index in [1.807, 2.05) is 0 Å². The van der Waals surface area contributed by atoms with Gasteiger partial charge >= 0.3 is 0 Å². The number of pyridine rings is 2. The summed E-state index contributed by atoms with van der Waals surface area (Å²) in [5.41, 5.74) is 5.26. The Hall–Kier alpha value is -1.69. The largest absolute Gasteiger partial charge is 0.381 e. The highest BCUT2D eigenvalue weighted by molar-refractivity contribution is 7.99. The van der Waals surface area contributed by atoms with Gasteiger partial charge in [0.1, 0.15) is 10.1 Å². The van der Waals surface area contributed by atoms with Gasteiger partial charge < -0.3 is 5.73 Å². The quantitative estimate of drug-likeness (QED) is 0.874. The Morgan fingerprint density at radius 3 is 2.69 bits per heavy atom. The van der Waals surface area contributed by atoms with E-state index in [0.29, 0.717) is 11.1 Å². The van der Waals surface area contributed by atoms with Crippen LogP contribution in [0.15, 0.2) is 40.5 Å². The normalized spacial score (nSPS) is 10.4. The van der Waals surface area contributed by atoms with Crippen molar-refractivity contribution in [1.29, 1.82) is 0 Å². The molecule has 0 aliphatic carbocycles. The summed E-state index contributed by atoms with van der Waals surface area (Å²) >= 11 is 0.993. The molecule has 0 aromatic carbocycles. The molecular weight excluding hydrogens is 232 g/mol. The van der Waals surface area contributed by atoms with Crippen molar-refractivity contribution < 1.29 is 8.78 Å². The maximum atomic E-state index is 13.3. The Bertz CT molecular complexity index is 505. The molecule has 82 valence electrons. The molecule has 2 rings (SSSR count). The standard InChI is InChI=1S/C10H7F2N3S/c11-6-5-7(12)10(15-9(6)13)16-8-3-1-2-4-14-8/h1-5H,(H2,13,15). The highest BCUT2D eigenvalue weighted by atomic mass is 32.2. The molecule has 2 aromatic heterocycles. The third-order valence-corrected chi connectivity index (χ3v) is 2.69. The molecule has 6 heteroatoms. The van der Waals surface area contributed by atoms with Crippen molar-refractivity contribution in [2.24, 2.45) is 0 Å². The molecule has 0 amide bonds. The van der Waals surface area contributed by atoms with Gasteiger partial charge in [0, 0.05) is 12.3 Å². The van der Waals surface area contributed by atoms with E-state index in [9.17, 15) is 8.78 Å². The van der Waals surface area contributed by atoms with Crippen LogP contribution in [0.4, 0.5) is 14.6 Å². The fraction of sp³-hybridized carbons (Fsp3) is 0. The fourth-order valence-electron chi connectivity index (χ4n) is 1.04. The summed E-state index contributed by atoms with van der Waals surface area (Å²) in [5, 5.41) is 0.581. The SMILES string of the molecule is Nc1nc(Sc2ccccn2)c(F)cc1F. The number of nitrogen functional groups attached to an aromatic ring is 1. The van der Waals surface area contributed by atoms with E-state index in [4.69, 9.17) is 5.73 Å². The van der Waals surface area contributed by atoms with E-state index in [-0.39, 0.29) is 10.8 Å². The first-order valence-corrected chi connectivity index (χ1v) is 5.19. The van der Waals surface area contributed by atoms with Crippen molar-refractivity contribution in [3.63, 3.8) is 0 Å². The molecule has 2 N–H and O–H groups in total. The summed E-state index contributed by atoms with van der Waals surface area (Å²) in [6, 6.07) is 5.92. The molecule has 0 unspecified atom stereocenters. The van der Waals surface area contributed by atoms with Crippen molar-refractivity contribution in [2.45, 2.75) is 10.1 Å². The minimum Gasteiger partial charge on any atom is -0.381 e. The van der Waals surface area contributed by atoms with Crippen molar-refractivity contribution in [1.82, 2.24) is 9.97 Å². The summed E-state index contributed by atoms with van der Waals surface area (Å²) < 4.78 is 26.2. The number of hydrogen-bond acceptors (Lipinski definition) is 4. The molecule has 0 saturated heterocycles. The molecule has 2 aromatic rings. The number of hydrogen-bond donors (Lipinski definition) is 1. The Morgan fingerprint density at radius 1 is 1.19 bits per heavy atom. The van der Waals surface area contributed by atoms with Gasteiger partial charge in [0.15, 0.2) is 17.5 Å². The van der Waals surface area contributed by atoms with Crippen LogP contribution in [-0.4, -0.2) is 9.97 Å². The average Bonchev–Trinajstić information content (AvgIpc) is 2.27. The Balaban J connectivity index is 2.32. The van der Waals surface area contributed by atoms with Gasteiger partial charge in [-0.2, -0.15) is 0 Å². The summed E-state index contributed by atoms with van der Waals surface area (Å²) in [6.45, 7) is 0. The van der Waals surface area contributed by atoms with Crippen molar-refractivity contribution >= 4 is 17.6 Å². The highest BCUT2D eigenvalue weighted by Gasteiger charge is 2.11. The van der Waals surface area contributed by atoms with Gasteiger partial charge in [0.2, 0.25) is 0 Å². The number of anilines is 1. The third-order valence-electron chi connectivity index (χ3n) is 1.76. The van der Waals surface area contributed by atoms with Crippen LogP contribution in [0, 0.1) is 11.6 Å². The smallest absolute Gasteiger partial charge is 0.168 e. The molecule has 0 radical (unpaired) electrons. The maximum Gasteiger partial charge on any atom is 0.168 e. The van der Waals surface area contributed by atoms with Crippen LogP contribution in [0.2, 0.25) is 0 Å². The van der Waals surface area contributed by atoms with Crippen LogP contribution in [-0.2, 0) is 0 Å². The van der Waals surface area contributed by atoms with E-state index in [0.717, 1.165) is 11.8 Å². The van der Waals surface area contributed by atoms with E-state index < -0.39 is 11.6 Å². The highest BCUT2D eigenvalue weighted by Crippen LogP contribution is 2.27. The molecule has 0 aliphatic rings. The fourth-order valence-corrected chi connectivity index (χ4v) is 1.80. The molecule has 0 fully saturated rings. The molecule has 2 heterocycles. The lowest BCUT2D eigenvalue weighted by molar-refractivity contribution is 0.552. The van der Waals surface area contributed by atoms with Crippen molar-refractivity contribution in [2.75, 3.05) is 5.73 Å². The summed E-state index contributed by atoms with van der Waals surface area (Å²) in [6.07, 6.45) is 1.58. The summed E-state index contributed by atoms with van der Waals surface area (Å²) in [7, 11) is 0. The average molecular weight is 239 g/mol. The van der Waals surface area contributed by atoms with Gasteiger partial charge in [-0.05, 0) is 23.9 Å². The lowest BCUT2D eigenvalue weighted by atomic mass is 10.4. The molecule has 3 nitrogen and oxygen atoms in total. The summed E-state index contributed by atoms with van der Waals surface area (Å²) in [5.74, 6) is -1.93. The predicted octanol–water partition coefficient (Wildman–Crippen LogP) is 2.49. The first-order chi connectivity index (χ1) is 7.66. The Morgan fingerprint density at radius 2 is 2.00 bits per heavy atom. The maximum absolute atomic E-state index is 13.3. The second-order valence-corrected chi connectivity index (χ2v) is 3.92. The van der Waals surface area contributed by atoms with Gasteiger partial charge in [-0.1, -0.05) is 6.07 Å². The second-order valence-electron chi connectivity index (χ2n) is 2.91. The molecule has 0 spiro atoms. The second kappa shape index (κ2) is 4.44. The molecule has 0 aliphatic heterocycles. The third kappa shape index (κ3) is 2.27. The Kier molecular flexibility index (Phi) is 3.00. The van der Waals surface area contributed by atoms with Crippen molar-refractivity contribution in [3.8, 4) is 0 Å². The van der Waals surface area contributed by atoms with E-state index >= 15 is 0 Å². The van der Waals surface area contributed by atoms with Crippen LogP contribution >= 0.6 is 11.8 Å². The van der Waals surface area contributed by atoms with Crippen molar-refractivity contribution in [3.05, 3.63) is 42.1 Å². The van der Waals surface area contributed by atoms with Crippen LogP contribution in [0.5, 0.6) is 0 Å². The van der Waals surface area contributed by atoms with Gasteiger partial charge in [-0.15, -0.1) is 0 Å². The summed E-state index contributed by atoms with van der Waals surface area (Å²) in [4.78, 5) is 7.61. The number of nitrogens with two attached hydrogens (primary N) is 1. The number of aromatic nitrogens is 2. The van der Waals surface area contributed by atoms with Crippen LogP contribution in [0.25, 0.3) is 0 Å². The zero-order valence-corrected chi connectivity index (χ0v) is 8.84. The van der Waals surface area contributed by atoms with Crippen LogP contribution in [0.1, 0.15) is 0 Å². The van der Waals surface area contributed by atoms with Gasteiger partial charge in [0.05, 0.1) is 0 Å². The van der Waals surface area contributed by atoms with Gasteiger partial charge in [-0.3, -0.25) is 0 Å².